The van der Waals surface area contributed by atoms with Crippen LogP contribution in [0.4, 0.5) is 11.4 Å². The summed E-state index contributed by atoms with van der Waals surface area (Å²) < 4.78 is 4.71. The number of hydrazone groups is 1. The first-order valence-electron chi connectivity index (χ1n) is 8.73. The van der Waals surface area contributed by atoms with Gasteiger partial charge < -0.3 is 4.74 Å². The van der Waals surface area contributed by atoms with Crippen LogP contribution < -0.4 is 10.3 Å². The number of nitro groups is 1. The summed E-state index contributed by atoms with van der Waals surface area (Å²) in [5.74, 6) is -3.89. The molecule has 2 aromatic carbocycles. The highest BCUT2D eigenvalue weighted by Gasteiger charge is 2.67. The molecule has 10 nitrogen and oxygen atoms in total. The van der Waals surface area contributed by atoms with Crippen LogP contribution in [0, 0.1) is 16.0 Å². The summed E-state index contributed by atoms with van der Waals surface area (Å²) in [6.45, 7) is 0. The Hall–Kier alpha value is -3.50. The van der Waals surface area contributed by atoms with E-state index < -0.39 is 34.2 Å². The Morgan fingerprint density at radius 3 is 2.61 bits per heavy atom. The second kappa shape index (κ2) is 7.33. The van der Waals surface area contributed by atoms with Gasteiger partial charge in [0.1, 0.15) is 5.92 Å². The predicted octanol–water partition coefficient (Wildman–Crippen LogP) is 2.42. The zero-order valence-electron chi connectivity index (χ0n) is 15.7. The molecule has 31 heavy (non-hydrogen) atoms. The maximum absolute atomic E-state index is 13.6. The van der Waals surface area contributed by atoms with Crippen molar-refractivity contribution in [3.8, 4) is 0 Å². The van der Waals surface area contributed by atoms with Gasteiger partial charge in [0.05, 0.1) is 27.8 Å². The molecule has 2 atom stereocenters. The normalized spacial score (nSPS) is 22.1. The number of carbonyl (C=O) groups is 3. The van der Waals surface area contributed by atoms with Crippen molar-refractivity contribution in [3.05, 3.63) is 68.2 Å². The summed E-state index contributed by atoms with van der Waals surface area (Å²) >= 11 is 12.0. The number of halogens is 2. The van der Waals surface area contributed by atoms with Gasteiger partial charge in [-0.3, -0.25) is 25.1 Å². The Labute approximate surface area is 184 Å². The van der Waals surface area contributed by atoms with Crippen LogP contribution in [0.3, 0.4) is 0 Å². The monoisotopic (exact) mass is 462 g/mol. The van der Waals surface area contributed by atoms with Gasteiger partial charge >= 0.3 is 5.97 Å². The van der Waals surface area contributed by atoms with Crippen molar-refractivity contribution < 1.29 is 24.0 Å². The van der Waals surface area contributed by atoms with E-state index in [1.165, 1.54) is 36.4 Å². The third kappa shape index (κ3) is 2.94. The molecule has 0 aliphatic carbocycles. The lowest BCUT2D eigenvalue weighted by atomic mass is 9.78. The van der Waals surface area contributed by atoms with Gasteiger partial charge in [-0.1, -0.05) is 35.3 Å². The molecule has 2 amide bonds. The third-order valence-corrected chi connectivity index (χ3v) is 5.87. The number of non-ortho nitro benzene ring substituents is 1. The minimum atomic E-state index is -1.88. The molecule has 0 spiro atoms. The molecule has 1 N–H and O–H groups in total. The number of rotatable bonds is 4. The smallest absolute Gasteiger partial charge is 0.355 e. The SMILES string of the molecule is COC(=O)C1=NNC2(c3cccc([N+](=O)[O-])c3)C(=O)N(c3ccc(Cl)c(Cl)c3)C(=O)C12. The molecule has 158 valence electrons. The Morgan fingerprint density at radius 2 is 1.97 bits per heavy atom. The standard InChI is InChI=1S/C19H12Cl2N4O6/c1-31-17(27)15-14-16(26)24(10-5-6-12(20)13(21)8-10)18(28)19(14,23-22-15)9-3-2-4-11(7-9)25(29)30/h2-8,14,23H,1H3. The van der Waals surface area contributed by atoms with Gasteiger partial charge in [0.25, 0.3) is 11.6 Å². The number of nitro benzene ring substituents is 1. The number of hydrogen-bond donors (Lipinski definition) is 1. The fourth-order valence-corrected chi connectivity index (χ4v) is 4.01. The van der Waals surface area contributed by atoms with Crippen LogP contribution in [-0.2, 0) is 24.7 Å². The number of methoxy groups -OCH3 is 1. The average molecular weight is 463 g/mol. The minimum Gasteiger partial charge on any atom is -0.464 e. The maximum atomic E-state index is 13.6. The molecule has 0 saturated carbocycles. The van der Waals surface area contributed by atoms with Crippen LogP contribution in [-0.4, -0.2) is 35.5 Å². The van der Waals surface area contributed by atoms with Crippen molar-refractivity contribution in [2.24, 2.45) is 11.0 Å². The molecule has 2 unspecified atom stereocenters. The van der Waals surface area contributed by atoms with E-state index in [0.29, 0.717) is 0 Å². The summed E-state index contributed by atoms with van der Waals surface area (Å²) in [5, 5.41) is 15.5. The van der Waals surface area contributed by atoms with Crippen molar-refractivity contribution in [1.82, 2.24) is 5.43 Å². The molecular weight excluding hydrogens is 451 g/mol. The lowest BCUT2D eigenvalue weighted by molar-refractivity contribution is -0.385. The molecule has 2 aliphatic heterocycles. The van der Waals surface area contributed by atoms with E-state index in [2.05, 4.69) is 10.5 Å². The molecule has 2 heterocycles. The highest BCUT2D eigenvalue weighted by atomic mass is 35.5. The molecule has 0 aromatic heterocycles. The Kier molecular flexibility index (Phi) is 4.91. The molecule has 1 fully saturated rings. The third-order valence-electron chi connectivity index (χ3n) is 5.14. The average Bonchev–Trinajstić information content (AvgIpc) is 3.26. The fraction of sp³-hybridized carbons (Fsp3) is 0.158. The van der Waals surface area contributed by atoms with Crippen LogP contribution in [0.5, 0.6) is 0 Å². The van der Waals surface area contributed by atoms with Crippen LogP contribution >= 0.6 is 23.2 Å². The van der Waals surface area contributed by atoms with Gasteiger partial charge in [-0.05, 0) is 23.8 Å². The number of ether oxygens (including phenoxy) is 1. The topological polar surface area (TPSA) is 131 Å². The van der Waals surface area contributed by atoms with Crippen molar-refractivity contribution in [1.29, 1.82) is 0 Å². The molecule has 0 bridgehead atoms. The molecule has 4 rings (SSSR count). The number of nitrogens with zero attached hydrogens (tertiary/aromatic N) is 3. The lowest BCUT2D eigenvalue weighted by Crippen LogP contribution is -2.48. The first kappa shape index (κ1) is 20.8. The number of benzene rings is 2. The summed E-state index contributed by atoms with van der Waals surface area (Å²) in [7, 11) is 1.11. The van der Waals surface area contributed by atoms with E-state index >= 15 is 0 Å². The van der Waals surface area contributed by atoms with Crippen LogP contribution in [0.25, 0.3) is 0 Å². The number of anilines is 1. The number of esters is 1. The van der Waals surface area contributed by atoms with Gasteiger partial charge in [-0.15, -0.1) is 0 Å². The van der Waals surface area contributed by atoms with Crippen molar-refractivity contribution in [3.63, 3.8) is 0 Å². The zero-order chi connectivity index (χ0) is 22.5. The second-order valence-electron chi connectivity index (χ2n) is 6.73. The molecule has 0 radical (unpaired) electrons. The van der Waals surface area contributed by atoms with E-state index in [-0.39, 0.29) is 32.7 Å². The quantitative estimate of drug-likeness (QED) is 0.319. The summed E-state index contributed by atoms with van der Waals surface area (Å²) in [6.07, 6.45) is 0. The van der Waals surface area contributed by atoms with Crippen molar-refractivity contribution >= 4 is 58.1 Å². The number of amides is 2. The Morgan fingerprint density at radius 1 is 1.23 bits per heavy atom. The maximum Gasteiger partial charge on any atom is 0.355 e. The molecule has 12 heteroatoms. The van der Waals surface area contributed by atoms with Crippen LogP contribution in [0.2, 0.25) is 10.0 Å². The first-order valence-corrected chi connectivity index (χ1v) is 9.49. The fourth-order valence-electron chi connectivity index (χ4n) is 3.72. The number of nitrogens with one attached hydrogen (secondary N) is 1. The number of fused-ring (bicyclic) bond motifs is 1. The number of hydrogen-bond acceptors (Lipinski definition) is 8. The second-order valence-corrected chi connectivity index (χ2v) is 7.54. The van der Waals surface area contributed by atoms with Gasteiger partial charge in [0, 0.05) is 12.1 Å². The van der Waals surface area contributed by atoms with E-state index in [9.17, 15) is 24.5 Å². The van der Waals surface area contributed by atoms with Gasteiger partial charge in [-0.2, -0.15) is 5.10 Å². The van der Waals surface area contributed by atoms with Gasteiger partial charge in [0.15, 0.2) is 11.3 Å². The van der Waals surface area contributed by atoms with E-state index in [4.69, 9.17) is 27.9 Å². The highest BCUT2D eigenvalue weighted by Crippen LogP contribution is 2.46. The Bertz CT molecular complexity index is 1200. The molecule has 2 aromatic rings. The van der Waals surface area contributed by atoms with Gasteiger partial charge in [0.2, 0.25) is 5.91 Å². The zero-order valence-corrected chi connectivity index (χ0v) is 17.2. The van der Waals surface area contributed by atoms with E-state index in [1.807, 2.05) is 0 Å². The summed E-state index contributed by atoms with van der Waals surface area (Å²) in [6, 6.07) is 9.36. The van der Waals surface area contributed by atoms with E-state index in [0.717, 1.165) is 18.1 Å². The van der Waals surface area contributed by atoms with E-state index in [1.54, 1.807) is 0 Å². The molecule has 1 saturated heterocycles. The minimum absolute atomic E-state index is 0.0928. The lowest BCUT2D eigenvalue weighted by Gasteiger charge is -2.26. The number of imide groups is 1. The summed E-state index contributed by atoms with van der Waals surface area (Å²) in [5.41, 5.74) is 0.293. The predicted molar refractivity (Wildman–Crippen MR) is 110 cm³/mol. The first-order chi connectivity index (χ1) is 14.7. The molecular formula is C19H12Cl2N4O6. The Balaban J connectivity index is 1.92. The highest BCUT2D eigenvalue weighted by molar-refractivity contribution is 6.47. The number of carbonyl (C=O) groups excluding carboxylic acids is 3. The van der Waals surface area contributed by atoms with Crippen molar-refractivity contribution in [2.75, 3.05) is 12.0 Å². The molecule has 2 aliphatic rings. The van der Waals surface area contributed by atoms with Gasteiger partial charge in [-0.25, -0.2) is 9.69 Å². The summed E-state index contributed by atoms with van der Waals surface area (Å²) in [4.78, 5) is 50.8. The van der Waals surface area contributed by atoms with Crippen LogP contribution in [0.15, 0.2) is 47.6 Å². The largest absolute Gasteiger partial charge is 0.464 e. The van der Waals surface area contributed by atoms with Crippen molar-refractivity contribution in [2.45, 2.75) is 5.54 Å². The van der Waals surface area contributed by atoms with Crippen LogP contribution in [0.1, 0.15) is 5.56 Å².